The maximum atomic E-state index is 13.1. The number of hydrogen-bond donors (Lipinski definition) is 2. The molecule has 1 aliphatic heterocycles. The molecule has 1 aliphatic rings. The molecule has 1 aromatic carbocycles. The summed E-state index contributed by atoms with van der Waals surface area (Å²) in [5.41, 5.74) is 1.20. The van der Waals surface area contributed by atoms with E-state index >= 15 is 0 Å². The Balaban J connectivity index is 1.88. The zero-order valence-corrected chi connectivity index (χ0v) is 11.1. The van der Waals surface area contributed by atoms with Gasteiger partial charge in [0.25, 0.3) is 0 Å². The summed E-state index contributed by atoms with van der Waals surface area (Å²) >= 11 is 1.86. The molecule has 2 rings (SSSR count). The second kappa shape index (κ2) is 6.20. The molecule has 1 amide bonds. The van der Waals surface area contributed by atoms with Crippen LogP contribution in [0.3, 0.4) is 0 Å². The molecule has 5 heteroatoms. The van der Waals surface area contributed by atoms with Gasteiger partial charge in [0.2, 0.25) is 5.91 Å². The minimum Gasteiger partial charge on any atom is -0.326 e. The zero-order chi connectivity index (χ0) is 13.0. The molecule has 0 aromatic heterocycles. The van der Waals surface area contributed by atoms with Gasteiger partial charge in [-0.15, -0.1) is 0 Å². The number of carbonyl (C=O) groups excluding carboxylic acids is 1. The lowest BCUT2D eigenvalue weighted by Crippen LogP contribution is -2.39. The maximum absolute atomic E-state index is 13.1. The van der Waals surface area contributed by atoms with E-state index in [9.17, 15) is 9.18 Å². The molecule has 1 unspecified atom stereocenters. The highest BCUT2D eigenvalue weighted by Gasteiger charge is 2.16. The Kier molecular flexibility index (Phi) is 4.60. The second-order valence-corrected chi connectivity index (χ2v) is 5.59. The SMILES string of the molecule is Cc1cc(NC(=O)CC2CSCCN2)ccc1F. The van der Waals surface area contributed by atoms with Gasteiger partial charge in [-0.3, -0.25) is 4.79 Å². The Morgan fingerprint density at radius 1 is 1.61 bits per heavy atom. The normalized spacial score (nSPS) is 19.6. The molecule has 3 nitrogen and oxygen atoms in total. The van der Waals surface area contributed by atoms with Gasteiger partial charge < -0.3 is 10.6 Å². The van der Waals surface area contributed by atoms with Crippen LogP contribution >= 0.6 is 11.8 Å². The molecule has 1 saturated heterocycles. The molecule has 0 bridgehead atoms. The molecule has 0 aliphatic carbocycles. The lowest BCUT2D eigenvalue weighted by molar-refractivity contribution is -0.116. The number of aryl methyl sites for hydroxylation is 1. The molecular formula is C13H17FN2OS. The van der Waals surface area contributed by atoms with E-state index < -0.39 is 0 Å². The van der Waals surface area contributed by atoms with E-state index in [0.29, 0.717) is 17.7 Å². The summed E-state index contributed by atoms with van der Waals surface area (Å²) in [5.74, 6) is 1.80. The van der Waals surface area contributed by atoms with E-state index in [4.69, 9.17) is 0 Å². The molecule has 98 valence electrons. The topological polar surface area (TPSA) is 41.1 Å². The summed E-state index contributed by atoms with van der Waals surface area (Å²) in [6, 6.07) is 4.85. The Morgan fingerprint density at radius 3 is 3.11 bits per heavy atom. The third kappa shape index (κ3) is 3.71. The van der Waals surface area contributed by atoms with Crippen LogP contribution in [-0.4, -0.2) is 30.0 Å². The van der Waals surface area contributed by atoms with E-state index in [-0.39, 0.29) is 17.8 Å². The molecule has 1 atom stereocenters. The molecule has 1 heterocycles. The zero-order valence-electron chi connectivity index (χ0n) is 10.3. The number of benzene rings is 1. The first-order valence-corrected chi connectivity index (χ1v) is 7.18. The quantitative estimate of drug-likeness (QED) is 0.882. The number of amides is 1. The van der Waals surface area contributed by atoms with Crippen LogP contribution in [0.4, 0.5) is 10.1 Å². The monoisotopic (exact) mass is 268 g/mol. The van der Waals surface area contributed by atoms with Crippen molar-refractivity contribution in [2.75, 3.05) is 23.4 Å². The predicted molar refractivity (Wildman–Crippen MR) is 73.5 cm³/mol. The van der Waals surface area contributed by atoms with Crippen LogP contribution in [0.5, 0.6) is 0 Å². The molecule has 0 radical (unpaired) electrons. The van der Waals surface area contributed by atoms with Gasteiger partial charge in [0.1, 0.15) is 5.82 Å². The lowest BCUT2D eigenvalue weighted by Gasteiger charge is -2.22. The summed E-state index contributed by atoms with van der Waals surface area (Å²) in [4.78, 5) is 11.8. The van der Waals surface area contributed by atoms with Crippen LogP contribution in [0.15, 0.2) is 18.2 Å². The molecule has 1 aromatic rings. The Labute approximate surface area is 111 Å². The van der Waals surface area contributed by atoms with Crippen molar-refractivity contribution >= 4 is 23.4 Å². The summed E-state index contributed by atoms with van der Waals surface area (Å²) in [5, 5.41) is 6.12. The van der Waals surface area contributed by atoms with Gasteiger partial charge in [-0.2, -0.15) is 11.8 Å². The van der Waals surface area contributed by atoms with Gasteiger partial charge in [0.15, 0.2) is 0 Å². The first kappa shape index (κ1) is 13.4. The third-order valence-electron chi connectivity index (χ3n) is 2.87. The Morgan fingerprint density at radius 2 is 2.44 bits per heavy atom. The van der Waals surface area contributed by atoms with Crippen LogP contribution in [0.1, 0.15) is 12.0 Å². The van der Waals surface area contributed by atoms with Gasteiger partial charge in [-0.1, -0.05) is 0 Å². The average molecular weight is 268 g/mol. The van der Waals surface area contributed by atoms with Crippen LogP contribution < -0.4 is 10.6 Å². The van der Waals surface area contributed by atoms with Crippen LogP contribution in [0, 0.1) is 12.7 Å². The fraction of sp³-hybridized carbons (Fsp3) is 0.462. The van der Waals surface area contributed by atoms with Gasteiger partial charge in [0.05, 0.1) is 0 Å². The van der Waals surface area contributed by atoms with E-state index in [1.807, 2.05) is 11.8 Å². The van der Waals surface area contributed by atoms with Crippen molar-refractivity contribution < 1.29 is 9.18 Å². The van der Waals surface area contributed by atoms with E-state index in [0.717, 1.165) is 18.1 Å². The van der Waals surface area contributed by atoms with Crippen molar-refractivity contribution in [3.63, 3.8) is 0 Å². The summed E-state index contributed by atoms with van der Waals surface area (Å²) in [6.07, 6.45) is 0.462. The summed E-state index contributed by atoms with van der Waals surface area (Å²) < 4.78 is 13.1. The largest absolute Gasteiger partial charge is 0.326 e. The van der Waals surface area contributed by atoms with Gasteiger partial charge in [-0.25, -0.2) is 4.39 Å². The van der Waals surface area contributed by atoms with Gasteiger partial charge in [0, 0.05) is 36.2 Å². The average Bonchev–Trinajstić information content (AvgIpc) is 2.35. The van der Waals surface area contributed by atoms with Crippen molar-refractivity contribution in [2.45, 2.75) is 19.4 Å². The number of carbonyl (C=O) groups is 1. The fourth-order valence-electron chi connectivity index (χ4n) is 1.91. The Bertz CT molecular complexity index is 433. The van der Waals surface area contributed by atoms with Crippen molar-refractivity contribution in [1.29, 1.82) is 0 Å². The number of anilines is 1. The summed E-state index contributed by atoms with van der Waals surface area (Å²) in [6.45, 7) is 2.64. The van der Waals surface area contributed by atoms with Gasteiger partial charge in [-0.05, 0) is 30.7 Å². The highest BCUT2D eigenvalue weighted by atomic mass is 32.2. The second-order valence-electron chi connectivity index (χ2n) is 4.44. The highest BCUT2D eigenvalue weighted by molar-refractivity contribution is 7.99. The predicted octanol–water partition coefficient (Wildman–Crippen LogP) is 2.17. The third-order valence-corrected chi connectivity index (χ3v) is 4.00. The number of rotatable bonds is 3. The minimum absolute atomic E-state index is 0.0268. The van der Waals surface area contributed by atoms with Crippen molar-refractivity contribution in [3.05, 3.63) is 29.6 Å². The Hall–Kier alpha value is -1.07. The lowest BCUT2D eigenvalue weighted by atomic mass is 10.2. The fourth-order valence-corrected chi connectivity index (χ4v) is 2.86. The first-order chi connectivity index (χ1) is 8.65. The van der Waals surface area contributed by atoms with Crippen molar-refractivity contribution in [3.8, 4) is 0 Å². The van der Waals surface area contributed by atoms with Crippen molar-refractivity contribution in [2.24, 2.45) is 0 Å². The molecule has 0 spiro atoms. The number of halogens is 1. The van der Waals surface area contributed by atoms with Crippen LogP contribution in [0.25, 0.3) is 0 Å². The first-order valence-electron chi connectivity index (χ1n) is 6.02. The summed E-state index contributed by atoms with van der Waals surface area (Å²) in [7, 11) is 0. The van der Waals surface area contributed by atoms with Crippen LogP contribution in [-0.2, 0) is 4.79 Å². The van der Waals surface area contributed by atoms with Gasteiger partial charge >= 0.3 is 0 Å². The maximum Gasteiger partial charge on any atom is 0.225 e. The molecular weight excluding hydrogens is 251 g/mol. The van der Waals surface area contributed by atoms with E-state index in [1.54, 1.807) is 19.1 Å². The number of hydrogen-bond acceptors (Lipinski definition) is 3. The molecule has 0 saturated carbocycles. The number of nitrogens with one attached hydrogen (secondary N) is 2. The smallest absolute Gasteiger partial charge is 0.225 e. The highest BCUT2D eigenvalue weighted by Crippen LogP contribution is 2.15. The van der Waals surface area contributed by atoms with E-state index in [2.05, 4.69) is 10.6 Å². The molecule has 18 heavy (non-hydrogen) atoms. The molecule has 2 N–H and O–H groups in total. The molecule has 1 fully saturated rings. The minimum atomic E-state index is -0.252. The number of thioether (sulfide) groups is 1. The van der Waals surface area contributed by atoms with Crippen molar-refractivity contribution in [1.82, 2.24) is 5.32 Å². The standard InChI is InChI=1S/C13H17FN2OS/c1-9-6-10(2-3-12(9)14)16-13(17)7-11-8-18-5-4-15-11/h2-3,6,11,15H,4-5,7-8H2,1H3,(H,16,17). The van der Waals surface area contributed by atoms with Crippen LogP contribution in [0.2, 0.25) is 0 Å². The van der Waals surface area contributed by atoms with E-state index in [1.165, 1.54) is 6.07 Å².